The molecule has 19 heavy (non-hydrogen) atoms. The lowest BCUT2D eigenvalue weighted by atomic mass is 9.45. The summed E-state index contributed by atoms with van der Waals surface area (Å²) in [4.78, 5) is 11.2. The van der Waals surface area contributed by atoms with Gasteiger partial charge in [-0.05, 0) is 49.4 Å². The quantitative estimate of drug-likeness (QED) is 0.806. The van der Waals surface area contributed by atoms with Crippen molar-refractivity contribution in [2.75, 3.05) is 0 Å². The maximum absolute atomic E-state index is 11.2. The Bertz CT molecular complexity index is 372. The normalized spacial score (nSPS) is 45.5. The van der Waals surface area contributed by atoms with Gasteiger partial charge in [-0.1, -0.05) is 27.2 Å². The van der Waals surface area contributed by atoms with Gasteiger partial charge in [-0.25, -0.2) is 0 Å². The topological polar surface area (TPSA) is 57.5 Å². The van der Waals surface area contributed by atoms with Crippen LogP contribution in [0.5, 0.6) is 0 Å². The van der Waals surface area contributed by atoms with E-state index in [1.54, 1.807) is 0 Å². The molecule has 2 rings (SSSR count). The van der Waals surface area contributed by atoms with E-state index < -0.39 is 11.6 Å². The van der Waals surface area contributed by atoms with Crippen LogP contribution in [0.15, 0.2) is 0 Å². The zero-order valence-electron chi connectivity index (χ0n) is 12.7. The van der Waals surface area contributed by atoms with E-state index in [1.807, 2.05) is 6.92 Å². The van der Waals surface area contributed by atoms with E-state index in [0.29, 0.717) is 5.92 Å². The number of fused-ring (bicyclic) bond motifs is 1. The highest BCUT2D eigenvalue weighted by molar-refractivity contribution is 5.67. The van der Waals surface area contributed by atoms with Crippen molar-refractivity contribution in [1.29, 1.82) is 0 Å². The summed E-state index contributed by atoms with van der Waals surface area (Å²) in [6.45, 7) is 8.68. The van der Waals surface area contributed by atoms with Crippen molar-refractivity contribution >= 4 is 5.97 Å². The summed E-state index contributed by atoms with van der Waals surface area (Å²) in [5.74, 6) is -0.385. The van der Waals surface area contributed by atoms with Gasteiger partial charge in [0.1, 0.15) is 0 Å². The minimum atomic E-state index is -0.836. The van der Waals surface area contributed by atoms with Crippen LogP contribution < -0.4 is 0 Å². The third-order valence-corrected chi connectivity index (χ3v) is 6.14. The predicted octanol–water partition coefficient (Wildman–Crippen LogP) is 3.45. The van der Waals surface area contributed by atoms with Crippen LogP contribution in [-0.4, -0.2) is 21.8 Å². The van der Waals surface area contributed by atoms with Crippen LogP contribution in [0.3, 0.4) is 0 Å². The van der Waals surface area contributed by atoms with E-state index in [9.17, 15) is 15.0 Å². The first kappa shape index (κ1) is 14.8. The van der Waals surface area contributed by atoms with Crippen LogP contribution in [0.2, 0.25) is 0 Å². The number of aliphatic carboxylic acids is 1. The summed E-state index contributed by atoms with van der Waals surface area (Å²) in [6, 6.07) is 0. The molecule has 0 aromatic rings. The summed E-state index contributed by atoms with van der Waals surface area (Å²) >= 11 is 0. The molecule has 2 saturated carbocycles. The van der Waals surface area contributed by atoms with Crippen molar-refractivity contribution in [2.45, 2.75) is 71.8 Å². The monoisotopic (exact) mass is 268 g/mol. The van der Waals surface area contributed by atoms with E-state index in [4.69, 9.17) is 0 Å². The van der Waals surface area contributed by atoms with Crippen molar-refractivity contribution in [3.63, 3.8) is 0 Å². The Labute approximate surface area is 116 Å². The van der Waals surface area contributed by atoms with Crippen LogP contribution >= 0.6 is 0 Å². The van der Waals surface area contributed by atoms with Crippen molar-refractivity contribution in [1.82, 2.24) is 0 Å². The molecule has 0 unspecified atom stereocenters. The Hall–Kier alpha value is -0.570. The molecule has 0 aromatic carbocycles. The van der Waals surface area contributed by atoms with Gasteiger partial charge in [0.2, 0.25) is 0 Å². The molecule has 2 N–H and O–H groups in total. The van der Waals surface area contributed by atoms with Crippen LogP contribution in [0.25, 0.3) is 0 Å². The number of carboxylic acids is 1. The molecule has 2 aliphatic carbocycles. The van der Waals surface area contributed by atoms with Crippen molar-refractivity contribution in [3.8, 4) is 0 Å². The molecule has 0 radical (unpaired) electrons. The number of hydrogen-bond acceptors (Lipinski definition) is 2. The summed E-state index contributed by atoms with van der Waals surface area (Å²) in [5.41, 5.74) is -0.612. The van der Waals surface area contributed by atoms with E-state index in [1.165, 1.54) is 6.42 Å². The zero-order valence-corrected chi connectivity index (χ0v) is 12.7. The van der Waals surface area contributed by atoms with Gasteiger partial charge in [0.05, 0.1) is 12.0 Å². The Kier molecular flexibility index (Phi) is 3.49. The fourth-order valence-electron chi connectivity index (χ4n) is 5.25. The first-order valence-electron chi connectivity index (χ1n) is 7.54. The average molecular weight is 268 g/mol. The van der Waals surface area contributed by atoms with Gasteiger partial charge in [0, 0.05) is 5.92 Å². The molecule has 2 aliphatic rings. The molecule has 3 heteroatoms. The van der Waals surface area contributed by atoms with E-state index in [0.717, 1.165) is 25.7 Å². The van der Waals surface area contributed by atoms with Crippen LogP contribution in [0.1, 0.15) is 66.2 Å². The number of carbonyl (C=O) groups is 1. The summed E-state index contributed by atoms with van der Waals surface area (Å²) in [7, 11) is 0. The first-order valence-corrected chi connectivity index (χ1v) is 7.54. The second-order valence-electron chi connectivity index (χ2n) is 7.95. The molecule has 0 aromatic heterocycles. The number of hydrogen-bond donors (Lipinski definition) is 2. The third-order valence-electron chi connectivity index (χ3n) is 6.14. The molecule has 3 nitrogen and oxygen atoms in total. The average Bonchev–Trinajstić information content (AvgIpc) is 2.22. The third kappa shape index (κ3) is 2.42. The van der Waals surface area contributed by atoms with Crippen LogP contribution in [0.4, 0.5) is 0 Å². The number of rotatable bonds is 2. The maximum Gasteiger partial charge on any atom is 0.303 e. The zero-order chi connectivity index (χ0) is 14.5. The van der Waals surface area contributed by atoms with Gasteiger partial charge in [-0.15, -0.1) is 0 Å². The lowest BCUT2D eigenvalue weighted by Gasteiger charge is -2.61. The Morgan fingerprint density at radius 1 is 1.16 bits per heavy atom. The molecule has 0 aliphatic heterocycles. The fraction of sp³-hybridized carbons (Fsp3) is 0.938. The standard InChI is InChI=1S/C16H28O3/c1-14(2)7-5-8-15(3)11(14)6-9-16(4,19)12(15)10-13(17)18/h11-12,19H,5-10H2,1-4H3,(H,17,18)/t11-,12-,15-,16-/m0/s1. The highest BCUT2D eigenvalue weighted by Crippen LogP contribution is 2.62. The van der Waals surface area contributed by atoms with Gasteiger partial charge < -0.3 is 10.2 Å². The minimum Gasteiger partial charge on any atom is -0.481 e. The van der Waals surface area contributed by atoms with E-state index >= 15 is 0 Å². The highest BCUT2D eigenvalue weighted by atomic mass is 16.4. The smallest absolute Gasteiger partial charge is 0.303 e. The molecule has 0 saturated heterocycles. The molecular weight excluding hydrogens is 240 g/mol. The lowest BCUT2D eigenvalue weighted by Crippen LogP contribution is -2.58. The lowest BCUT2D eigenvalue weighted by molar-refractivity contribution is -0.178. The predicted molar refractivity (Wildman–Crippen MR) is 74.8 cm³/mol. The molecule has 110 valence electrons. The minimum absolute atomic E-state index is 0.0398. The van der Waals surface area contributed by atoms with Gasteiger partial charge in [0.15, 0.2) is 0 Å². The van der Waals surface area contributed by atoms with E-state index in [-0.39, 0.29) is 23.2 Å². The highest BCUT2D eigenvalue weighted by Gasteiger charge is 2.58. The van der Waals surface area contributed by atoms with Gasteiger partial charge in [-0.3, -0.25) is 4.79 Å². The largest absolute Gasteiger partial charge is 0.481 e. The van der Waals surface area contributed by atoms with Crippen molar-refractivity contribution in [3.05, 3.63) is 0 Å². The van der Waals surface area contributed by atoms with E-state index in [2.05, 4.69) is 20.8 Å². The van der Waals surface area contributed by atoms with Crippen molar-refractivity contribution < 1.29 is 15.0 Å². The summed E-state index contributed by atoms with van der Waals surface area (Å²) < 4.78 is 0. The second kappa shape index (κ2) is 4.47. The SMILES string of the molecule is CC1(C)CCC[C@@]2(C)[C@H]1CC[C@](C)(O)[C@H]2CC(=O)O. The Morgan fingerprint density at radius 3 is 2.37 bits per heavy atom. The molecular formula is C16H28O3. The Morgan fingerprint density at radius 2 is 1.79 bits per heavy atom. The van der Waals surface area contributed by atoms with Crippen LogP contribution in [-0.2, 0) is 4.79 Å². The molecule has 0 bridgehead atoms. The maximum atomic E-state index is 11.2. The van der Waals surface area contributed by atoms with Gasteiger partial charge >= 0.3 is 5.97 Å². The van der Waals surface area contributed by atoms with Gasteiger partial charge in [-0.2, -0.15) is 0 Å². The number of aliphatic hydroxyl groups is 1. The first-order chi connectivity index (χ1) is 8.59. The summed E-state index contributed by atoms with van der Waals surface area (Å²) in [6.07, 6.45) is 5.26. The molecule has 0 spiro atoms. The molecule has 0 heterocycles. The van der Waals surface area contributed by atoms with Crippen LogP contribution in [0, 0.1) is 22.7 Å². The molecule has 0 amide bonds. The molecule has 4 atom stereocenters. The van der Waals surface area contributed by atoms with Crippen molar-refractivity contribution in [2.24, 2.45) is 22.7 Å². The summed E-state index contributed by atoms with van der Waals surface area (Å²) in [5, 5.41) is 19.9. The number of carboxylic acid groups (broad SMARTS) is 1. The molecule has 2 fully saturated rings. The fourth-order valence-corrected chi connectivity index (χ4v) is 5.25. The second-order valence-corrected chi connectivity index (χ2v) is 7.95. The van der Waals surface area contributed by atoms with Gasteiger partial charge in [0.25, 0.3) is 0 Å². The Balaban J connectivity index is 2.38.